The molecule has 1 aromatic carbocycles. The first kappa shape index (κ1) is 21.4. The fourth-order valence-electron chi connectivity index (χ4n) is 4.13. The number of likely N-dealkylation sites (tertiary alicyclic amines) is 1. The number of methoxy groups -OCH3 is 1. The molecule has 0 N–H and O–H groups in total. The van der Waals surface area contributed by atoms with E-state index in [4.69, 9.17) is 9.47 Å². The third kappa shape index (κ3) is 4.92. The van der Waals surface area contributed by atoms with E-state index in [2.05, 4.69) is 4.98 Å². The lowest BCUT2D eigenvalue weighted by Crippen LogP contribution is -2.50. The molecule has 0 radical (unpaired) electrons. The number of pyridine rings is 1. The van der Waals surface area contributed by atoms with Gasteiger partial charge in [-0.2, -0.15) is 0 Å². The lowest BCUT2D eigenvalue weighted by molar-refractivity contribution is 0.0142. The largest absolute Gasteiger partial charge is 0.497 e. The quantitative estimate of drug-likeness (QED) is 0.732. The van der Waals surface area contributed by atoms with Crippen LogP contribution in [-0.2, 0) is 4.74 Å². The van der Waals surface area contributed by atoms with Gasteiger partial charge in [-0.3, -0.25) is 9.78 Å². The molecular formula is C24H31N3O4. The standard InChI is InChI=1S/C24H31N3O4/c1-24(2,3)31-23(29)26-11-9-19(10-12-26)27(18-6-7-18)22(28)17-13-16-5-8-20(30-4)14-21(16)25-15-17/h5,8,13-15,18-19H,6-7,9-12H2,1-4H3. The molecule has 2 fully saturated rings. The molecule has 1 saturated carbocycles. The van der Waals surface area contributed by atoms with Gasteiger partial charge in [0.05, 0.1) is 18.2 Å². The predicted molar refractivity (Wildman–Crippen MR) is 118 cm³/mol. The van der Waals surface area contributed by atoms with Crippen LogP contribution in [0.15, 0.2) is 30.5 Å². The number of ether oxygens (including phenoxy) is 2. The molecule has 1 aliphatic heterocycles. The second-order valence-electron chi connectivity index (χ2n) is 9.42. The molecule has 31 heavy (non-hydrogen) atoms. The summed E-state index contributed by atoms with van der Waals surface area (Å²) in [7, 11) is 1.63. The summed E-state index contributed by atoms with van der Waals surface area (Å²) in [4.78, 5) is 34.1. The molecule has 166 valence electrons. The Morgan fingerprint density at radius 1 is 1.06 bits per heavy atom. The van der Waals surface area contributed by atoms with Crippen LogP contribution in [0.4, 0.5) is 4.79 Å². The number of nitrogens with zero attached hydrogens (tertiary/aromatic N) is 3. The third-order valence-electron chi connectivity index (χ3n) is 5.82. The molecule has 0 atom stereocenters. The van der Waals surface area contributed by atoms with Crippen LogP contribution in [-0.4, -0.2) is 64.7 Å². The van der Waals surface area contributed by atoms with Gasteiger partial charge in [-0.1, -0.05) is 0 Å². The van der Waals surface area contributed by atoms with Gasteiger partial charge in [0.15, 0.2) is 0 Å². The second-order valence-corrected chi connectivity index (χ2v) is 9.42. The Labute approximate surface area is 183 Å². The Bertz CT molecular complexity index is 972. The summed E-state index contributed by atoms with van der Waals surface area (Å²) < 4.78 is 10.8. The minimum atomic E-state index is -0.503. The molecule has 7 heteroatoms. The molecule has 0 unspecified atom stereocenters. The van der Waals surface area contributed by atoms with Crippen LogP contribution in [0.2, 0.25) is 0 Å². The van der Waals surface area contributed by atoms with Crippen molar-refractivity contribution in [2.75, 3.05) is 20.2 Å². The van der Waals surface area contributed by atoms with Gasteiger partial charge in [-0.15, -0.1) is 0 Å². The van der Waals surface area contributed by atoms with Gasteiger partial charge in [-0.05, 0) is 64.7 Å². The predicted octanol–water partition coefficient (Wildman–Crippen LogP) is 4.25. The Balaban J connectivity index is 1.46. The second kappa shape index (κ2) is 8.36. The highest BCUT2D eigenvalue weighted by molar-refractivity contribution is 5.98. The van der Waals surface area contributed by atoms with Crippen molar-refractivity contribution in [3.8, 4) is 5.75 Å². The van der Waals surface area contributed by atoms with Crippen LogP contribution in [0, 0.1) is 0 Å². The number of piperidine rings is 1. The van der Waals surface area contributed by atoms with Gasteiger partial charge < -0.3 is 19.3 Å². The zero-order valence-corrected chi connectivity index (χ0v) is 18.8. The molecule has 4 rings (SSSR count). The average molecular weight is 426 g/mol. The van der Waals surface area contributed by atoms with Crippen LogP contribution in [0.25, 0.3) is 10.9 Å². The van der Waals surface area contributed by atoms with Crippen molar-refractivity contribution >= 4 is 22.9 Å². The zero-order chi connectivity index (χ0) is 22.2. The maximum absolute atomic E-state index is 13.5. The molecule has 7 nitrogen and oxygen atoms in total. The van der Waals surface area contributed by atoms with E-state index in [1.165, 1.54) is 0 Å². The first-order chi connectivity index (χ1) is 14.7. The molecule has 0 bridgehead atoms. The molecule has 1 aliphatic carbocycles. The lowest BCUT2D eigenvalue weighted by Gasteiger charge is -2.39. The van der Waals surface area contributed by atoms with E-state index < -0.39 is 5.60 Å². The van der Waals surface area contributed by atoms with E-state index in [9.17, 15) is 9.59 Å². The molecule has 0 spiro atoms. The molecular weight excluding hydrogens is 394 g/mol. The number of aromatic nitrogens is 1. The minimum absolute atomic E-state index is 0.0310. The number of carbonyl (C=O) groups excluding carboxylic acids is 2. The van der Waals surface area contributed by atoms with Crippen LogP contribution < -0.4 is 4.74 Å². The van der Waals surface area contributed by atoms with E-state index in [-0.39, 0.29) is 24.1 Å². The number of hydrogen-bond acceptors (Lipinski definition) is 5. The third-order valence-corrected chi connectivity index (χ3v) is 5.82. The van der Waals surface area contributed by atoms with Gasteiger partial charge in [-0.25, -0.2) is 4.79 Å². The number of carbonyl (C=O) groups is 2. The van der Waals surface area contributed by atoms with Crippen molar-refractivity contribution < 1.29 is 19.1 Å². The number of rotatable bonds is 4. The Kier molecular flexibility index (Phi) is 5.77. The van der Waals surface area contributed by atoms with Crippen LogP contribution >= 0.6 is 0 Å². The Hall–Kier alpha value is -2.83. The summed E-state index contributed by atoms with van der Waals surface area (Å²) in [5, 5.41) is 0.919. The monoisotopic (exact) mass is 425 g/mol. The fourth-order valence-corrected chi connectivity index (χ4v) is 4.13. The van der Waals surface area contributed by atoms with Crippen molar-refractivity contribution in [3.05, 3.63) is 36.0 Å². The summed E-state index contributed by atoms with van der Waals surface area (Å²) in [6.45, 7) is 6.83. The molecule has 2 heterocycles. The van der Waals surface area contributed by atoms with Gasteiger partial charge in [0, 0.05) is 42.8 Å². The van der Waals surface area contributed by atoms with Gasteiger partial charge in [0.1, 0.15) is 11.4 Å². The summed E-state index contributed by atoms with van der Waals surface area (Å²) in [5.41, 5.74) is 0.913. The van der Waals surface area contributed by atoms with Crippen LogP contribution in [0.5, 0.6) is 5.75 Å². The Morgan fingerprint density at radius 3 is 2.35 bits per heavy atom. The smallest absolute Gasteiger partial charge is 0.410 e. The van der Waals surface area contributed by atoms with E-state index in [0.29, 0.717) is 18.7 Å². The summed E-state index contributed by atoms with van der Waals surface area (Å²) in [6, 6.07) is 8.01. The van der Waals surface area contributed by atoms with E-state index in [1.54, 1.807) is 18.2 Å². The lowest BCUT2D eigenvalue weighted by atomic mass is 10.0. The van der Waals surface area contributed by atoms with Crippen molar-refractivity contribution in [2.45, 2.75) is 64.1 Å². The molecule has 2 amide bonds. The van der Waals surface area contributed by atoms with Crippen molar-refractivity contribution in [3.63, 3.8) is 0 Å². The summed E-state index contributed by atoms with van der Waals surface area (Å²) in [5.74, 6) is 0.777. The fraction of sp³-hybridized carbons (Fsp3) is 0.542. The topological polar surface area (TPSA) is 72.0 Å². The zero-order valence-electron chi connectivity index (χ0n) is 18.8. The number of amides is 2. The van der Waals surface area contributed by atoms with Crippen molar-refractivity contribution in [2.24, 2.45) is 0 Å². The maximum Gasteiger partial charge on any atom is 0.410 e. The van der Waals surface area contributed by atoms with E-state index in [0.717, 1.165) is 42.3 Å². The van der Waals surface area contributed by atoms with E-state index >= 15 is 0 Å². The summed E-state index contributed by atoms with van der Waals surface area (Å²) >= 11 is 0. The highest BCUT2D eigenvalue weighted by Crippen LogP contribution is 2.34. The maximum atomic E-state index is 13.5. The molecule has 1 aromatic heterocycles. The first-order valence-electron chi connectivity index (χ1n) is 11.0. The number of benzene rings is 1. The van der Waals surface area contributed by atoms with Crippen molar-refractivity contribution in [1.82, 2.24) is 14.8 Å². The molecule has 2 aliphatic rings. The summed E-state index contributed by atoms with van der Waals surface area (Å²) in [6.07, 6.45) is 4.99. The minimum Gasteiger partial charge on any atom is -0.497 e. The normalized spacial score (nSPS) is 17.5. The number of hydrogen-bond donors (Lipinski definition) is 0. The SMILES string of the molecule is COc1ccc2cc(C(=O)N(C3CC3)C3CCN(C(=O)OC(C)(C)C)CC3)cnc2c1. The van der Waals surface area contributed by atoms with Crippen LogP contribution in [0.3, 0.4) is 0 Å². The van der Waals surface area contributed by atoms with Gasteiger partial charge >= 0.3 is 6.09 Å². The highest BCUT2D eigenvalue weighted by Gasteiger charge is 2.40. The van der Waals surface area contributed by atoms with E-state index in [1.807, 2.05) is 49.9 Å². The average Bonchev–Trinajstić information content (AvgIpc) is 3.57. The Morgan fingerprint density at radius 2 is 1.74 bits per heavy atom. The highest BCUT2D eigenvalue weighted by atomic mass is 16.6. The van der Waals surface area contributed by atoms with Crippen LogP contribution in [0.1, 0.15) is 56.8 Å². The number of fused-ring (bicyclic) bond motifs is 1. The van der Waals surface area contributed by atoms with Gasteiger partial charge in [0.2, 0.25) is 0 Å². The first-order valence-corrected chi connectivity index (χ1v) is 11.0. The molecule has 1 saturated heterocycles. The molecule has 2 aromatic rings. The van der Waals surface area contributed by atoms with Gasteiger partial charge in [0.25, 0.3) is 5.91 Å². The van der Waals surface area contributed by atoms with Crippen molar-refractivity contribution in [1.29, 1.82) is 0 Å².